The summed E-state index contributed by atoms with van der Waals surface area (Å²) in [5.41, 5.74) is -1.96. The Kier molecular flexibility index (Phi) is 6.91. The number of rotatable bonds is 9. The summed E-state index contributed by atoms with van der Waals surface area (Å²) >= 11 is 0. The molecule has 9 nitrogen and oxygen atoms in total. The van der Waals surface area contributed by atoms with Crippen molar-refractivity contribution in [3.05, 3.63) is 58.7 Å². The van der Waals surface area contributed by atoms with E-state index in [1.165, 1.54) is 30.3 Å². The number of carbonyl (C=O) groups is 4. The average Bonchev–Trinajstić information content (AvgIpc) is 2.67. The molecule has 9 heteroatoms. The van der Waals surface area contributed by atoms with E-state index >= 15 is 0 Å². The largest absolute Gasteiger partial charge is 0.478 e. The topological polar surface area (TPSA) is 147 Å². The maximum absolute atomic E-state index is 12.3. The van der Waals surface area contributed by atoms with E-state index in [0.29, 0.717) is 6.42 Å². The number of carboxylic acids is 3. The molecule has 0 fully saturated rings. The first-order valence-electron chi connectivity index (χ1n) is 8.58. The molecule has 0 spiro atoms. The number of unbranched alkanes of at least 4 members (excludes halogenated alkanes) is 1. The Balaban J connectivity index is 2.52. The van der Waals surface area contributed by atoms with E-state index in [0.717, 1.165) is 12.5 Å². The summed E-state index contributed by atoms with van der Waals surface area (Å²) < 4.78 is 10.5. The summed E-state index contributed by atoms with van der Waals surface area (Å²) in [7, 11) is 0. The van der Waals surface area contributed by atoms with Gasteiger partial charge < -0.3 is 24.8 Å². The zero-order chi connectivity index (χ0) is 21.6. The van der Waals surface area contributed by atoms with E-state index in [1.54, 1.807) is 0 Å². The number of hydrogen-bond donors (Lipinski definition) is 3. The van der Waals surface area contributed by atoms with Gasteiger partial charge in [0.25, 0.3) is 0 Å². The first kappa shape index (κ1) is 21.4. The summed E-state index contributed by atoms with van der Waals surface area (Å²) in [5.74, 6) is -6.11. The highest BCUT2D eigenvalue weighted by Crippen LogP contribution is 2.32. The molecule has 0 aliphatic rings. The molecule has 0 radical (unpaired) electrons. The highest BCUT2D eigenvalue weighted by molar-refractivity contribution is 6.05. The van der Waals surface area contributed by atoms with Crippen molar-refractivity contribution in [2.24, 2.45) is 0 Å². The summed E-state index contributed by atoms with van der Waals surface area (Å²) in [6.07, 6.45) is 1.38. The van der Waals surface area contributed by atoms with Crippen LogP contribution in [0.1, 0.15) is 61.2 Å². The van der Waals surface area contributed by atoms with E-state index in [2.05, 4.69) is 0 Å². The first-order valence-corrected chi connectivity index (χ1v) is 8.58. The predicted molar refractivity (Wildman–Crippen MR) is 99.0 cm³/mol. The zero-order valence-electron chi connectivity index (χ0n) is 15.4. The van der Waals surface area contributed by atoms with Crippen LogP contribution in [0, 0.1) is 0 Å². The monoisotopic (exact) mass is 402 g/mol. The summed E-state index contributed by atoms with van der Waals surface area (Å²) in [6.45, 7) is 2.01. The molecule has 0 amide bonds. The summed E-state index contributed by atoms with van der Waals surface area (Å²) in [5, 5.41) is 28.1. The van der Waals surface area contributed by atoms with E-state index in [4.69, 9.17) is 9.47 Å². The van der Waals surface area contributed by atoms with Gasteiger partial charge in [-0.25, -0.2) is 19.2 Å². The molecule has 0 unspecified atom stereocenters. The number of esters is 1. The molecule has 0 aliphatic carbocycles. The van der Waals surface area contributed by atoms with E-state index in [1.807, 2.05) is 6.92 Å². The molecule has 0 aromatic heterocycles. The molecule has 0 saturated heterocycles. The van der Waals surface area contributed by atoms with Crippen molar-refractivity contribution in [2.45, 2.75) is 19.8 Å². The van der Waals surface area contributed by atoms with Crippen LogP contribution >= 0.6 is 0 Å². The van der Waals surface area contributed by atoms with Crippen LogP contribution in [0.15, 0.2) is 36.4 Å². The Labute approximate surface area is 165 Å². The lowest BCUT2D eigenvalue weighted by atomic mass is 10.0. The fraction of sp³-hybridized carbons (Fsp3) is 0.200. The standard InChI is InChI=1S/C20H18O9/c1-2-3-10-28-20(27)12-7-5-9-14(16(12)19(25)26)29-13-8-4-6-11(17(21)22)15(13)18(23)24/h4-9H,2-3,10H2,1H3,(H,21,22)(H,23,24)(H,25,26). The first-order chi connectivity index (χ1) is 13.8. The highest BCUT2D eigenvalue weighted by Gasteiger charge is 2.26. The quantitative estimate of drug-likeness (QED) is 0.423. The molecule has 152 valence electrons. The van der Waals surface area contributed by atoms with Crippen molar-refractivity contribution in [3.63, 3.8) is 0 Å². The second-order valence-corrected chi connectivity index (χ2v) is 5.86. The lowest BCUT2D eigenvalue weighted by Crippen LogP contribution is -2.14. The van der Waals surface area contributed by atoms with Crippen LogP contribution < -0.4 is 4.74 Å². The minimum Gasteiger partial charge on any atom is -0.478 e. The molecule has 0 bridgehead atoms. The van der Waals surface area contributed by atoms with Crippen LogP contribution in [-0.2, 0) is 4.74 Å². The molecule has 0 aliphatic heterocycles. The van der Waals surface area contributed by atoms with Crippen molar-refractivity contribution in [3.8, 4) is 11.5 Å². The van der Waals surface area contributed by atoms with Crippen molar-refractivity contribution >= 4 is 23.9 Å². The van der Waals surface area contributed by atoms with Crippen LogP contribution in [0.3, 0.4) is 0 Å². The van der Waals surface area contributed by atoms with Gasteiger partial charge in [0.1, 0.15) is 22.6 Å². The number of ether oxygens (including phenoxy) is 2. The normalized spacial score (nSPS) is 10.2. The van der Waals surface area contributed by atoms with Crippen LogP contribution in [0.2, 0.25) is 0 Å². The minimum absolute atomic E-state index is 0.114. The Bertz CT molecular complexity index is 962. The molecule has 0 saturated carbocycles. The van der Waals surface area contributed by atoms with Crippen LogP contribution in [-0.4, -0.2) is 45.8 Å². The van der Waals surface area contributed by atoms with Gasteiger partial charge in [0.05, 0.1) is 17.7 Å². The molecule has 29 heavy (non-hydrogen) atoms. The average molecular weight is 402 g/mol. The van der Waals surface area contributed by atoms with Gasteiger partial charge in [-0.2, -0.15) is 0 Å². The summed E-state index contributed by atoms with van der Waals surface area (Å²) in [6, 6.07) is 7.35. The van der Waals surface area contributed by atoms with E-state index in [9.17, 15) is 34.5 Å². The lowest BCUT2D eigenvalue weighted by Gasteiger charge is -2.14. The molecule has 0 heterocycles. The number of aromatic carboxylic acids is 3. The molecule has 2 aromatic carbocycles. The number of benzene rings is 2. The van der Waals surface area contributed by atoms with Gasteiger partial charge >= 0.3 is 23.9 Å². The third-order valence-corrected chi connectivity index (χ3v) is 3.88. The fourth-order valence-corrected chi connectivity index (χ4v) is 2.53. The van der Waals surface area contributed by atoms with Crippen LogP contribution in [0.25, 0.3) is 0 Å². The third kappa shape index (κ3) is 4.89. The molecular formula is C20H18O9. The number of carboxylic acid groups (broad SMARTS) is 3. The maximum atomic E-state index is 12.3. The molecule has 0 atom stereocenters. The second kappa shape index (κ2) is 9.36. The Morgan fingerprint density at radius 2 is 1.31 bits per heavy atom. The van der Waals surface area contributed by atoms with Gasteiger partial charge in [0.15, 0.2) is 0 Å². The van der Waals surface area contributed by atoms with Crippen molar-refractivity contribution in [2.75, 3.05) is 6.61 Å². The summed E-state index contributed by atoms with van der Waals surface area (Å²) in [4.78, 5) is 46.9. The Morgan fingerprint density at radius 1 is 0.793 bits per heavy atom. The third-order valence-electron chi connectivity index (χ3n) is 3.88. The lowest BCUT2D eigenvalue weighted by molar-refractivity contribution is 0.0488. The van der Waals surface area contributed by atoms with Gasteiger partial charge in [-0.05, 0) is 30.7 Å². The second-order valence-electron chi connectivity index (χ2n) is 5.86. The fourth-order valence-electron chi connectivity index (χ4n) is 2.53. The Morgan fingerprint density at radius 3 is 1.79 bits per heavy atom. The van der Waals surface area contributed by atoms with Gasteiger partial charge in [-0.3, -0.25) is 0 Å². The van der Waals surface area contributed by atoms with Gasteiger partial charge in [0, 0.05) is 0 Å². The Hall–Kier alpha value is -3.88. The highest BCUT2D eigenvalue weighted by atomic mass is 16.5. The van der Waals surface area contributed by atoms with E-state index in [-0.39, 0.29) is 23.7 Å². The van der Waals surface area contributed by atoms with Gasteiger partial charge in [-0.15, -0.1) is 0 Å². The molecular weight excluding hydrogens is 384 g/mol. The minimum atomic E-state index is -1.56. The maximum Gasteiger partial charge on any atom is 0.340 e. The SMILES string of the molecule is CCCCOC(=O)c1cccc(Oc2cccc(C(=O)O)c2C(=O)O)c1C(=O)O. The van der Waals surface area contributed by atoms with Crippen molar-refractivity contribution in [1.82, 2.24) is 0 Å². The zero-order valence-corrected chi connectivity index (χ0v) is 15.4. The number of carbonyl (C=O) groups excluding carboxylic acids is 1. The van der Waals surface area contributed by atoms with E-state index < -0.39 is 40.6 Å². The number of hydrogen-bond acceptors (Lipinski definition) is 6. The molecule has 3 N–H and O–H groups in total. The van der Waals surface area contributed by atoms with Gasteiger partial charge in [-0.1, -0.05) is 25.5 Å². The van der Waals surface area contributed by atoms with Gasteiger partial charge in [0.2, 0.25) is 0 Å². The van der Waals surface area contributed by atoms with Crippen molar-refractivity contribution < 1.29 is 44.0 Å². The van der Waals surface area contributed by atoms with Crippen LogP contribution in [0.5, 0.6) is 11.5 Å². The van der Waals surface area contributed by atoms with Crippen molar-refractivity contribution in [1.29, 1.82) is 0 Å². The molecule has 2 aromatic rings. The molecule has 2 rings (SSSR count). The van der Waals surface area contributed by atoms with Crippen LogP contribution in [0.4, 0.5) is 0 Å². The predicted octanol–water partition coefficient (Wildman–Crippen LogP) is 3.53. The smallest absolute Gasteiger partial charge is 0.340 e.